The lowest BCUT2D eigenvalue weighted by Gasteiger charge is -2.05. The molecule has 1 saturated heterocycles. The SMILES string of the molecule is Oc1ccoc1[C@@H]1CCCN1. The van der Waals surface area contributed by atoms with Gasteiger partial charge in [0.05, 0.1) is 12.3 Å². The summed E-state index contributed by atoms with van der Waals surface area (Å²) in [7, 11) is 0. The van der Waals surface area contributed by atoms with E-state index >= 15 is 0 Å². The maximum Gasteiger partial charge on any atom is 0.162 e. The van der Waals surface area contributed by atoms with Crippen molar-refractivity contribution in [2.75, 3.05) is 6.54 Å². The average molecular weight is 153 g/mol. The van der Waals surface area contributed by atoms with Gasteiger partial charge in [-0.25, -0.2) is 0 Å². The summed E-state index contributed by atoms with van der Waals surface area (Å²) in [5.74, 6) is 0.951. The summed E-state index contributed by atoms with van der Waals surface area (Å²) >= 11 is 0. The Hall–Kier alpha value is -0.960. The van der Waals surface area contributed by atoms with E-state index in [1.54, 1.807) is 6.07 Å². The zero-order valence-corrected chi connectivity index (χ0v) is 6.21. The normalized spacial score (nSPS) is 24.2. The first-order chi connectivity index (χ1) is 5.38. The molecule has 2 N–H and O–H groups in total. The van der Waals surface area contributed by atoms with Gasteiger partial charge in [0.15, 0.2) is 11.5 Å². The highest BCUT2D eigenvalue weighted by Gasteiger charge is 2.21. The highest BCUT2D eigenvalue weighted by molar-refractivity contribution is 5.25. The van der Waals surface area contributed by atoms with E-state index in [4.69, 9.17) is 4.42 Å². The van der Waals surface area contributed by atoms with Crippen molar-refractivity contribution in [1.82, 2.24) is 5.32 Å². The Morgan fingerprint density at radius 3 is 3.09 bits per heavy atom. The molecule has 0 radical (unpaired) electrons. The Balaban J connectivity index is 2.21. The first-order valence-corrected chi connectivity index (χ1v) is 3.87. The van der Waals surface area contributed by atoms with Crippen LogP contribution < -0.4 is 5.32 Å². The van der Waals surface area contributed by atoms with Gasteiger partial charge in [0.25, 0.3) is 0 Å². The van der Waals surface area contributed by atoms with Crippen molar-refractivity contribution in [2.45, 2.75) is 18.9 Å². The van der Waals surface area contributed by atoms with Gasteiger partial charge in [0.2, 0.25) is 0 Å². The highest BCUT2D eigenvalue weighted by Crippen LogP contribution is 2.30. The Kier molecular flexibility index (Phi) is 1.58. The summed E-state index contributed by atoms with van der Waals surface area (Å²) < 4.78 is 5.14. The molecule has 60 valence electrons. The number of aromatic hydroxyl groups is 1. The van der Waals surface area contributed by atoms with Gasteiger partial charge in [0, 0.05) is 6.07 Å². The van der Waals surface area contributed by atoms with E-state index in [2.05, 4.69) is 5.32 Å². The van der Waals surface area contributed by atoms with Gasteiger partial charge < -0.3 is 14.8 Å². The van der Waals surface area contributed by atoms with E-state index in [0.29, 0.717) is 5.76 Å². The molecule has 0 spiro atoms. The van der Waals surface area contributed by atoms with E-state index in [1.807, 2.05) is 0 Å². The van der Waals surface area contributed by atoms with Crippen molar-refractivity contribution in [3.05, 3.63) is 18.1 Å². The average Bonchev–Trinajstić information content (AvgIpc) is 2.55. The van der Waals surface area contributed by atoms with E-state index < -0.39 is 0 Å². The molecule has 0 bridgehead atoms. The van der Waals surface area contributed by atoms with Crippen LogP contribution in [-0.4, -0.2) is 11.7 Å². The molecule has 1 aliphatic rings. The predicted octanol–water partition coefficient (Wildman–Crippen LogP) is 1.41. The van der Waals surface area contributed by atoms with Crippen molar-refractivity contribution in [3.8, 4) is 5.75 Å². The van der Waals surface area contributed by atoms with Crippen molar-refractivity contribution in [1.29, 1.82) is 0 Å². The monoisotopic (exact) mass is 153 g/mol. The Morgan fingerprint density at radius 1 is 1.64 bits per heavy atom. The first kappa shape index (κ1) is 6.73. The van der Waals surface area contributed by atoms with Gasteiger partial charge in [-0.15, -0.1) is 0 Å². The lowest BCUT2D eigenvalue weighted by Crippen LogP contribution is -2.11. The van der Waals surface area contributed by atoms with Crippen LogP contribution >= 0.6 is 0 Å². The van der Waals surface area contributed by atoms with Crippen LogP contribution in [0.4, 0.5) is 0 Å². The van der Waals surface area contributed by atoms with E-state index in [1.165, 1.54) is 6.26 Å². The minimum Gasteiger partial charge on any atom is -0.504 e. The molecule has 2 rings (SSSR count). The zero-order chi connectivity index (χ0) is 7.68. The van der Waals surface area contributed by atoms with Crippen LogP contribution in [-0.2, 0) is 0 Å². The molecular formula is C8H11NO2. The molecule has 3 heteroatoms. The third-order valence-electron chi connectivity index (χ3n) is 2.05. The zero-order valence-electron chi connectivity index (χ0n) is 6.21. The molecule has 0 aliphatic carbocycles. The summed E-state index contributed by atoms with van der Waals surface area (Å²) in [6.45, 7) is 1.02. The van der Waals surface area contributed by atoms with Gasteiger partial charge in [-0.1, -0.05) is 0 Å². The Bertz CT molecular complexity index is 238. The highest BCUT2D eigenvalue weighted by atomic mass is 16.4. The fraction of sp³-hybridized carbons (Fsp3) is 0.500. The quantitative estimate of drug-likeness (QED) is 0.641. The third-order valence-corrected chi connectivity index (χ3v) is 2.05. The molecule has 1 aliphatic heterocycles. The number of hydrogen-bond donors (Lipinski definition) is 2. The van der Waals surface area contributed by atoms with Crippen LogP contribution in [0.25, 0.3) is 0 Å². The molecule has 0 amide bonds. The first-order valence-electron chi connectivity index (χ1n) is 3.87. The number of furan rings is 1. The van der Waals surface area contributed by atoms with Crippen molar-refractivity contribution >= 4 is 0 Å². The van der Waals surface area contributed by atoms with Crippen LogP contribution in [0.1, 0.15) is 24.6 Å². The standard InChI is InChI=1S/C8H11NO2/c10-7-3-5-11-8(7)6-2-1-4-9-6/h3,5-6,9-10H,1-2,4H2/t6-/m0/s1. The Morgan fingerprint density at radius 2 is 2.55 bits per heavy atom. The molecule has 1 aromatic heterocycles. The Labute approximate surface area is 65.0 Å². The minimum absolute atomic E-state index is 0.227. The molecule has 1 aromatic rings. The molecule has 1 fully saturated rings. The summed E-state index contributed by atoms with van der Waals surface area (Å²) in [5, 5.41) is 12.5. The fourth-order valence-electron chi connectivity index (χ4n) is 1.48. The van der Waals surface area contributed by atoms with Crippen LogP contribution in [0.2, 0.25) is 0 Å². The van der Waals surface area contributed by atoms with Gasteiger partial charge in [-0.05, 0) is 19.4 Å². The van der Waals surface area contributed by atoms with Gasteiger partial charge in [0.1, 0.15) is 0 Å². The van der Waals surface area contributed by atoms with Gasteiger partial charge in [-0.3, -0.25) is 0 Å². The predicted molar refractivity (Wildman–Crippen MR) is 40.4 cm³/mol. The number of hydrogen-bond acceptors (Lipinski definition) is 3. The minimum atomic E-state index is 0.227. The second-order valence-corrected chi connectivity index (χ2v) is 2.82. The smallest absolute Gasteiger partial charge is 0.162 e. The van der Waals surface area contributed by atoms with Crippen LogP contribution in [0, 0.1) is 0 Å². The molecule has 1 atom stereocenters. The summed E-state index contributed by atoms with van der Waals surface area (Å²) in [5.41, 5.74) is 0. The van der Waals surface area contributed by atoms with Gasteiger partial charge >= 0.3 is 0 Å². The maximum atomic E-state index is 9.28. The maximum absolute atomic E-state index is 9.28. The lowest BCUT2D eigenvalue weighted by atomic mass is 10.2. The summed E-state index contributed by atoms with van der Waals surface area (Å²) in [6, 6.07) is 1.81. The third kappa shape index (κ3) is 1.12. The van der Waals surface area contributed by atoms with Gasteiger partial charge in [-0.2, -0.15) is 0 Å². The molecular weight excluding hydrogens is 142 g/mol. The van der Waals surface area contributed by atoms with Crippen molar-refractivity contribution in [2.24, 2.45) is 0 Å². The molecule has 0 saturated carbocycles. The van der Waals surface area contributed by atoms with Crippen LogP contribution in [0.5, 0.6) is 5.75 Å². The largest absolute Gasteiger partial charge is 0.504 e. The molecule has 11 heavy (non-hydrogen) atoms. The molecule has 2 heterocycles. The summed E-state index contributed by atoms with van der Waals surface area (Å²) in [4.78, 5) is 0. The second-order valence-electron chi connectivity index (χ2n) is 2.82. The van der Waals surface area contributed by atoms with Crippen LogP contribution in [0.15, 0.2) is 16.7 Å². The van der Waals surface area contributed by atoms with E-state index in [9.17, 15) is 5.11 Å². The molecule has 3 nitrogen and oxygen atoms in total. The topological polar surface area (TPSA) is 45.4 Å². The number of nitrogens with one attached hydrogen (secondary N) is 1. The lowest BCUT2D eigenvalue weighted by molar-refractivity contribution is 0.395. The number of rotatable bonds is 1. The molecule has 0 aromatic carbocycles. The second kappa shape index (κ2) is 2.58. The van der Waals surface area contributed by atoms with Crippen molar-refractivity contribution in [3.63, 3.8) is 0 Å². The van der Waals surface area contributed by atoms with Crippen molar-refractivity contribution < 1.29 is 9.52 Å². The van der Waals surface area contributed by atoms with E-state index in [-0.39, 0.29) is 11.8 Å². The van der Waals surface area contributed by atoms with Crippen LogP contribution in [0.3, 0.4) is 0 Å². The summed E-state index contributed by atoms with van der Waals surface area (Å²) in [6.07, 6.45) is 3.73. The fourth-order valence-corrected chi connectivity index (χ4v) is 1.48. The van der Waals surface area contributed by atoms with E-state index in [0.717, 1.165) is 19.4 Å². The molecule has 0 unspecified atom stereocenters.